The molecule has 2 aromatic rings. The highest BCUT2D eigenvalue weighted by molar-refractivity contribution is 6.05. The second-order valence-corrected chi connectivity index (χ2v) is 8.23. The normalized spacial score (nSPS) is 17.4. The number of H-pyrrole nitrogens is 1. The first kappa shape index (κ1) is 20.7. The van der Waals surface area contributed by atoms with Gasteiger partial charge < -0.3 is 24.6 Å². The summed E-state index contributed by atoms with van der Waals surface area (Å²) in [7, 11) is 0. The molecule has 2 aliphatic rings. The van der Waals surface area contributed by atoms with Crippen LogP contribution in [0.5, 0.6) is 0 Å². The Bertz CT molecular complexity index is 854. The fourth-order valence-electron chi connectivity index (χ4n) is 3.92. The van der Waals surface area contributed by atoms with Crippen LogP contribution in [0, 0.1) is 5.92 Å². The van der Waals surface area contributed by atoms with Crippen molar-refractivity contribution >= 4 is 23.0 Å². The molecule has 0 unspecified atom stereocenters. The average molecular weight is 414 g/mol. The van der Waals surface area contributed by atoms with Crippen LogP contribution in [0.4, 0.5) is 17.1 Å². The van der Waals surface area contributed by atoms with Gasteiger partial charge in [0.2, 0.25) is 0 Å². The maximum absolute atomic E-state index is 12.9. The molecular formula is C22H31N5O3. The van der Waals surface area contributed by atoms with Crippen molar-refractivity contribution in [1.82, 2.24) is 10.2 Å². The smallest absolute Gasteiger partial charge is 0.276 e. The summed E-state index contributed by atoms with van der Waals surface area (Å²) in [6.07, 6.45) is 0.869. The highest BCUT2D eigenvalue weighted by Gasteiger charge is 2.20. The first-order valence-electron chi connectivity index (χ1n) is 10.8. The molecule has 1 amide bonds. The van der Waals surface area contributed by atoms with Gasteiger partial charge in [0.25, 0.3) is 5.91 Å². The van der Waals surface area contributed by atoms with E-state index < -0.39 is 0 Å². The number of nitrogens with zero attached hydrogens (tertiary/aromatic N) is 3. The third-order valence-corrected chi connectivity index (χ3v) is 5.45. The largest absolute Gasteiger partial charge is 0.378 e. The highest BCUT2D eigenvalue weighted by atomic mass is 16.5. The molecule has 1 aromatic heterocycles. The van der Waals surface area contributed by atoms with E-state index in [1.165, 1.54) is 0 Å². The third-order valence-electron chi connectivity index (χ3n) is 5.45. The number of rotatable bonds is 6. The second-order valence-electron chi connectivity index (χ2n) is 8.23. The summed E-state index contributed by atoms with van der Waals surface area (Å²) in [4.78, 5) is 17.5. The first-order valence-corrected chi connectivity index (χ1v) is 10.8. The van der Waals surface area contributed by atoms with Crippen LogP contribution >= 0.6 is 0 Å². The van der Waals surface area contributed by atoms with Crippen LogP contribution in [0.15, 0.2) is 24.3 Å². The zero-order chi connectivity index (χ0) is 20.9. The molecule has 1 aromatic carbocycles. The Balaban J connectivity index is 1.56. The summed E-state index contributed by atoms with van der Waals surface area (Å²) >= 11 is 0. The Morgan fingerprint density at radius 3 is 2.40 bits per heavy atom. The van der Waals surface area contributed by atoms with E-state index in [0.717, 1.165) is 68.6 Å². The van der Waals surface area contributed by atoms with Crippen molar-refractivity contribution in [1.29, 1.82) is 0 Å². The Hall–Kier alpha value is -2.58. The van der Waals surface area contributed by atoms with Gasteiger partial charge >= 0.3 is 0 Å². The van der Waals surface area contributed by atoms with Crippen LogP contribution in [0.1, 0.15) is 30.0 Å². The van der Waals surface area contributed by atoms with Crippen LogP contribution in [-0.4, -0.2) is 68.7 Å². The van der Waals surface area contributed by atoms with Gasteiger partial charge in [-0.1, -0.05) is 13.8 Å². The lowest BCUT2D eigenvalue weighted by Crippen LogP contribution is -2.38. The van der Waals surface area contributed by atoms with Crippen molar-refractivity contribution in [3.8, 4) is 0 Å². The molecule has 2 aliphatic heterocycles. The molecule has 2 fully saturated rings. The monoisotopic (exact) mass is 413 g/mol. The van der Waals surface area contributed by atoms with Gasteiger partial charge in [-0.05, 0) is 36.6 Å². The second kappa shape index (κ2) is 9.49. The Kier molecular flexibility index (Phi) is 6.54. The highest BCUT2D eigenvalue weighted by Crippen LogP contribution is 2.32. The van der Waals surface area contributed by atoms with Crippen LogP contribution < -0.4 is 15.1 Å². The third kappa shape index (κ3) is 4.94. The number of aromatic amines is 1. The van der Waals surface area contributed by atoms with Crippen LogP contribution in [0.3, 0.4) is 0 Å². The van der Waals surface area contributed by atoms with Gasteiger partial charge in [-0.25, -0.2) is 0 Å². The number of anilines is 3. The van der Waals surface area contributed by atoms with Gasteiger partial charge in [0, 0.05) is 37.6 Å². The molecule has 30 heavy (non-hydrogen) atoms. The number of aromatic nitrogens is 2. The van der Waals surface area contributed by atoms with Gasteiger partial charge in [0.15, 0.2) is 5.69 Å². The SMILES string of the molecule is CC(C)Cc1cc(C(=O)Nc2ccc(N3CCOCC3)cc2N2CCOCC2)n[nH]1. The maximum atomic E-state index is 12.9. The molecule has 8 heteroatoms. The number of benzene rings is 1. The van der Waals surface area contributed by atoms with E-state index >= 15 is 0 Å². The van der Waals surface area contributed by atoms with Crippen molar-refractivity contribution in [2.75, 3.05) is 67.7 Å². The zero-order valence-electron chi connectivity index (χ0n) is 17.8. The first-order chi connectivity index (χ1) is 14.6. The van der Waals surface area contributed by atoms with Crippen LogP contribution in [-0.2, 0) is 15.9 Å². The molecule has 0 radical (unpaired) electrons. The number of amides is 1. The fraction of sp³-hybridized carbons (Fsp3) is 0.545. The number of hydrogen-bond acceptors (Lipinski definition) is 6. The topological polar surface area (TPSA) is 82.7 Å². The predicted molar refractivity (Wildman–Crippen MR) is 118 cm³/mol. The molecule has 2 saturated heterocycles. The minimum Gasteiger partial charge on any atom is -0.378 e. The number of carbonyl (C=O) groups is 1. The van der Waals surface area contributed by atoms with Crippen LogP contribution in [0.25, 0.3) is 0 Å². The van der Waals surface area contributed by atoms with E-state index in [2.05, 4.69) is 51.3 Å². The Morgan fingerprint density at radius 1 is 1.07 bits per heavy atom. The summed E-state index contributed by atoms with van der Waals surface area (Å²) < 4.78 is 11.0. The van der Waals surface area contributed by atoms with Crippen molar-refractivity contribution in [2.45, 2.75) is 20.3 Å². The van der Waals surface area contributed by atoms with Gasteiger partial charge in [-0.2, -0.15) is 5.10 Å². The zero-order valence-corrected chi connectivity index (χ0v) is 17.8. The molecule has 0 saturated carbocycles. The molecule has 4 rings (SSSR count). The van der Waals surface area contributed by atoms with Crippen LogP contribution in [0.2, 0.25) is 0 Å². The van der Waals surface area contributed by atoms with Crippen molar-refractivity contribution in [2.24, 2.45) is 5.92 Å². The molecule has 2 N–H and O–H groups in total. The lowest BCUT2D eigenvalue weighted by Gasteiger charge is -2.33. The Labute approximate surface area is 177 Å². The molecule has 0 atom stereocenters. The Morgan fingerprint density at radius 2 is 1.73 bits per heavy atom. The molecule has 0 bridgehead atoms. The lowest BCUT2D eigenvalue weighted by atomic mass is 10.1. The number of carbonyl (C=O) groups excluding carboxylic acids is 1. The lowest BCUT2D eigenvalue weighted by molar-refractivity contribution is 0.102. The fourth-order valence-corrected chi connectivity index (χ4v) is 3.92. The molecule has 3 heterocycles. The minimum atomic E-state index is -0.199. The number of nitrogens with one attached hydrogen (secondary N) is 2. The number of ether oxygens (including phenoxy) is 2. The van der Waals surface area contributed by atoms with Gasteiger partial charge in [0.1, 0.15) is 0 Å². The summed E-state index contributed by atoms with van der Waals surface area (Å²) in [6, 6.07) is 8.07. The average Bonchev–Trinajstić information content (AvgIpc) is 3.23. The minimum absolute atomic E-state index is 0.199. The molecule has 8 nitrogen and oxygen atoms in total. The maximum Gasteiger partial charge on any atom is 0.276 e. The molecule has 162 valence electrons. The predicted octanol–water partition coefficient (Wildman–Crippen LogP) is 2.53. The van der Waals surface area contributed by atoms with E-state index in [4.69, 9.17) is 9.47 Å². The van der Waals surface area contributed by atoms with Crippen molar-refractivity contribution in [3.05, 3.63) is 35.7 Å². The molecular weight excluding hydrogens is 382 g/mol. The standard InChI is InChI=1S/C22H31N5O3/c1-16(2)13-17-14-20(25-24-17)22(28)23-19-4-3-18(26-5-9-29-10-6-26)15-21(19)27-7-11-30-12-8-27/h3-4,14-16H,5-13H2,1-2H3,(H,23,28)(H,24,25). The molecule has 0 aliphatic carbocycles. The number of hydrogen-bond donors (Lipinski definition) is 2. The van der Waals surface area contributed by atoms with E-state index in [-0.39, 0.29) is 5.91 Å². The van der Waals surface area contributed by atoms with E-state index in [1.807, 2.05) is 12.1 Å². The van der Waals surface area contributed by atoms with Gasteiger partial charge in [0.05, 0.1) is 37.8 Å². The van der Waals surface area contributed by atoms with E-state index in [0.29, 0.717) is 24.8 Å². The van der Waals surface area contributed by atoms with Crippen molar-refractivity contribution < 1.29 is 14.3 Å². The summed E-state index contributed by atoms with van der Waals surface area (Å²) in [5.41, 5.74) is 4.36. The number of morpholine rings is 2. The summed E-state index contributed by atoms with van der Waals surface area (Å²) in [5.74, 6) is 0.303. The summed E-state index contributed by atoms with van der Waals surface area (Å²) in [6.45, 7) is 10.5. The quantitative estimate of drug-likeness (QED) is 0.757. The van der Waals surface area contributed by atoms with Gasteiger partial charge in [-0.3, -0.25) is 9.89 Å². The van der Waals surface area contributed by atoms with E-state index in [1.54, 1.807) is 0 Å². The summed E-state index contributed by atoms with van der Waals surface area (Å²) in [5, 5.41) is 10.3. The van der Waals surface area contributed by atoms with E-state index in [9.17, 15) is 4.79 Å². The molecule has 0 spiro atoms. The van der Waals surface area contributed by atoms with Crippen molar-refractivity contribution in [3.63, 3.8) is 0 Å². The van der Waals surface area contributed by atoms with Gasteiger partial charge in [-0.15, -0.1) is 0 Å².